The second-order valence-corrected chi connectivity index (χ2v) is 6.34. The van der Waals surface area contributed by atoms with Crippen LogP contribution in [0.15, 0.2) is 55.1 Å². The molecule has 1 aromatic heterocycles. The molecule has 4 heteroatoms. The molecule has 1 unspecified atom stereocenters. The summed E-state index contributed by atoms with van der Waals surface area (Å²) in [5.41, 5.74) is 4.17. The van der Waals surface area contributed by atoms with Crippen LogP contribution in [0.2, 0.25) is 5.02 Å². The number of aryl methyl sites for hydroxylation is 2. The van der Waals surface area contributed by atoms with E-state index < -0.39 is 0 Å². The van der Waals surface area contributed by atoms with Crippen molar-refractivity contribution in [1.29, 1.82) is 0 Å². The first-order chi connectivity index (χ1) is 11.2. The monoisotopic (exact) mass is 326 g/mol. The first-order valence-electron chi connectivity index (χ1n) is 7.77. The molecule has 0 saturated heterocycles. The third-order valence-corrected chi connectivity index (χ3v) is 4.86. The Kier molecular flexibility index (Phi) is 3.66. The lowest BCUT2D eigenvalue weighted by molar-refractivity contribution is 0.572. The van der Waals surface area contributed by atoms with Gasteiger partial charge in [-0.05, 0) is 48.1 Å². The maximum atomic E-state index is 14.4. The topological polar surface area (TPSA) is 17.8 Å². The lowest BCUT2D eigenvalue weighted by Gasteiger charge is -2.22. The van der Waals surface area contributed by atoms with Crippen molar-refractivity contribution in [2.75, 3.05) is 0 Å². The number of imidazole rings is 1. The smallest absolute Gasteiger partial charge is 0.128 e. The fraction of sp³-hybridized carbons (Fsp3) is 0.211. The largest absolute Gasteiger partial charge is 0.326 e. The van der Waals surface area contributed by atoms with Crippen molar-refractivity contribution in [3.63, 3.8) is 0 Å². The molecule has 2 aromatic carbocycles. The molecule has 0 fully saturated rings. The van der Waals surface area contributed by atoms with E-state index in [0.29, 0.717) is 10.6 Å². The van der Waals surface area contributed by atoms with Gasteiger partial charge in [-0.2, -0.15) is 0 Å². The van der Waals surface area contributed by atoms with E-state index in [1.165, 1.54) is 17.2 Å². The van der Waals surface area contributed by atoms with Crippen molar-refractivity contribution in [3.05, 3.63) is 88.2 Å². The number of nitrogens with zero attached hydrogens (tertiary/aromatic N) is 2. The second-order valence-electron chi connectivity index (χ2n) is 5.93. The summed E-state index contributed by atoms with van der Waals surface area (Å²) in [6.45, 7) is 0. The highest BCUT2D eigenvalue weighted by Crippen LogP contribution is 2.37. The average Bonchev–Trinajstić information content (AvgIpc) is 3.21. The molecule has 23 heavy (non-hydrogen) atoms. The molecule has 3 aromatic rings. The molecule has 0 N–H and O–H groups in total. The van der Waals surface area contributed by atoms with Crippen LogP contribution < -0.4 is 0 Å². The highest BCUT2D eigenvalue weighted by molar-refractivity contribution is 6.31. The Morgan fingerprint density at radius 2 is 1.87 bits per heavy atom. The van der Waals surface area contributed by atoms with E-state index in [1.807, 2.05) is 29.0 Å². The van der Waals surface area contributed by atoms with Crippen LogP contribution in [0.1, 0.15) is 34.7 Å². The predicted octanol–water partition coefficient (Wildman–Crippen LogP) is 4.80. The number of aromatic nitrogens is 2. The molecule has 1 atom stereocenters. The normalized spacial score (nSPS) is 14.7. The van der Waals surface area contributed by atoms with Crippen molar-refractivity contribution >= 4 is 11.6 Å². The predicted molar refractivity (Wildman–Crippen MR) is 89.3 cm³/mol. The Morgan fingerprint density at radius 1 is 1.09 bits per heavy atom. The molecule has 0 amide bonds. The van der Waals surface area contributed by atoms with E-state index in [4.69, 9.17) is 11.6 Å². The van der Waals surface area contributed by atoms with Crippen molar-refractivity contribution in [2.45, 2.75) is 25.3 Å². The van der Waals surface area contributed by atoms with Crippen LogP contribution in [0.3, 0.4) is 0 Å². The Bertz CT molecular complexity index is 843. The minimum Gasteiger partial charge on any atom is -0.326 e. The first-order valence-corrected chi connectivity index (χ1v) is 8.15. The van der Waals surface area contributed by atoms with Gasteiger partial charge in [0.05, 0.1) is 12.4 Å². The van der Waals surface area contributed by atoms with Crippen molar-refractivity contribution in [3.8, 4) is 0 Å². The number of fused-ring (bicyclic) bond motifs is 1. The van der Waals surface area contributed by atoms with Gasteiger partial charge < -0.3 is 4.57 Å². The molecule has 1 aliphatic carbocycles. The zero-order chi connectivity index (χ0) is 15.8. The van der Waals surface area contributed by atoms with Gasteiger partial charge in [-0.15, -0.1) is 0 Å². The average molecular weight is 327 g/mol. The Hall–Kier alpha value is -2.13. The molecular formula is C19H16ClFN2. The number of rotatable bonds is 3. The fourth-order valence-electron chi connectivity index (χ4n) is 3.43. The van der Waals surface area contributed by atoms with Crippen LogP contribution in [-0.4, -0.2) is 9.55 Å². The zero-order valence-corrected chi connectivity index (χ0v) is 13.3. The highest BCUT2D eigenvalue weighted by Gasteiger charge is 2.24. The molecule has 2 nitrogen and oxygen atoms in total. The Morgan fingerprint density at radius 3 is 2.61 bits per heavy atom. The van der Waals surface area contributed by atoms with Gasteiger partial charge in [0, 0.05) is 23.0 Å². The van der Waals surface area contributed by atoms with Gasteiger partial charge in [-0.1, -0.05) is 35.9 Å². The van der Waals surface area contributed by atoms with Gasteiger partial charge >= 0.3 is 0 Å². The van der Waals surface area contributed by atoms with Crippen LogP contribution in [0.5, 0.6) is 0 Å². The summed E-state index contributed by atoms with van der Waals surface area (Å²) in [6.07, 6.45) is 8.55. The zero-order valence-electron chi connectivity index (χ0n) is 12.5. The van der Waals surface area contributed by atoms with Gasteiger partial charge in [-0.25, -0.2) is 9.37 Å². The maximum absolute atomic E-state index is 14.4. The second kappa shape index (κ2) is 5.82. The van der Waals surface area contributed by atoms with Crippen LogP contribution in [0.4, 0.5) is 4.39 Å². The summed E-state index contributed by atoms with van der Waals surface area (Å²) in [4.78, 5) is 4.12. The standard InChI is InChI=1S/C19H16ClFN2/c20-17-11-14-5-3-4-13(14)10-16(17)19(23-9-8-22-12-23)15-6-1-2-7-18(15)21/h1-2,6-12,19H,3-5H2. The Balaban J connectivity index is 1.92. The van der Waals surface area contributed by atoms with Crippen LogP contribution in [0, 0.1) is 5.82 Å². The SMILES string of the molecule is Fc1ccccc1C(c1cc2c(cc1Cl)CCC2)n1ccnc1. The molecule has 4 rings (SSSR count). The number of hydrogen-bond acceptors (Lipinski definition) is 1. The minimum atomic E-state index is -0.308. The third-order valence-electron chi connectivity index (χ3n) is 4.53. The molecule has 1 heterocycles. The lowest BCUT2D eigenvalue weighted by Crippen LogP contribution is -2.13. The van der Waals surface area contributed by atoms with Crippen LogP contribution >= 0.6 is 11.6 Å². The first kappa shape index (κ1) is 14.5. The molecule has 1 aliphatic rings. The van der Waals surface area contributed by atoms with Crippen molar-refractivity contribution < 1.29 is 4.39 Å². The van der Waals surface area contributed by atoms with Crippen molar-refractivity contribution in [2.24, 2.45) is 0 Å². The van der Waals surface area contributed by atoms with Gasteiger partial charge in [0.25, 0.3) is 0 Å². The molecule has 0 bridgehead atoms. The number of benzene rings is 2. The highest BCUT2D eigenvalue weighted by atomic mass is 35.5. The van der Waals surface area contributed by atoms with E-state index in [-0.39, 0.29) is 11.9 Å². The minimum absolute atomic E-state index is 0.234. The van der Waals surface area contributed by atoms with E-state index in [9.17, 15) is 4.39 Å². The lowest BCUT2D eigenvalue weighted by atomic mass is 9.95. The number of halogens is 2. The molecular weight excluding hydrogens is 311 g/mol. The van der Waals surface area contributed by atoms with Crippen LogP contribution in [-0.2, 0) is 12.8 Å². The molecule has 0 spiro atoms. The van der Waals surface area contributed by atoms with Gasteiger partial charge in [-0.3, -0.25) is 0 Å². The molecule has 0 saturated carbocycles. The van der Waals surface area contributed by atoms with E-state index in [0.717, 1.165) is 24.8 Å². The van der Waals surface area contributed by atoms with Gasteiger partial charge in [0.1, 0.15) is 5.82 Å². The van der Waals surface area contributed by atoms with E-state index in [2.05, 4.69) is 11.1 Å². The third kappa shape index (κ3) is 2.55. The molecule has 0 radical (unpaired) electrons. The summed E-state index contributed by atoms with van der Waals surface area (Å²) in [5, 5.41) is 0.688. The maximum Gasteiger partial charge on any atom is 0.128 e. The summed E-state index contributed by atoms with van der Waals surface area (Å²) in [7, 11) is 0. The van der Waals surface area contributed by atoms with Gasteiger partial charge in [0.15, 0.2) is 0 Å². The summed E-state index contributed by atoms with van der Waals surface area (Å²) in [6, 6.07) is 10.7. The van der Waals surface area contributed by atoms with Gasteiger partial charge in [0.2, 0.25) is 0 Å². The quantitative estimate of drug-likeness (QED) is 0.676. The van der Waals surface area contributed by atoms with E-state index >= 15 is 0 Å². The van der Waals surface area contributed by atoms with E-state index in [1.54, 1.807) is 18.6 Å². The number of hydrogen-bond donors (Lipinski definition) is 0. The fourth-order valence-corrected chi connectivity index (χ4v) is 3.72. The van der Waals surface area contributed by atoms with Crippen LogP contribution in [0.25, 0.3) is 0 Å². The molecule has 116 valence electrons. The summed E-state index contributed by atoms with van der Waals surface area (Å²) < 4.78 is 16.3. The van der Waals surface area contributed by atoms with Crippen molar-refractivity contribution in [1.82, 2.24) is 9.55 Å². The Labute approximate surface area is 139 Å². The summed E-state index contributed by atoms with van der Waals surface area (Å²) >= 11 is 6.57. The molecule has 0 aliphatic heterocycles. The summed E-state index contributed by atoms with van der Waals surface area (Å²) in [5.74, 6) is -0.234.